The number of imidazole rings is 1. The number of aryl methyl sites for hydroxylation is 1. The number of nitrogens with one attached hydrogen (secondary N) is 1. The van der Waals surface area contributed by atoms with Gasteiger partial charge in [0.1, 0.15) is 17.1 Å². The SMILES string of the molecule is Cc1nc2c(C(=O)O)cc(O)cc2[nH]1. The Morgan fingerprint density at radius 2 is 2.21 bits per heavy atom. The smallest absolute Gasteiger partial charge is 0.338 e. The van der Waals surface area contributed by atoms with Crippen molar-refractivity contribution in [1.29, 1.82) is 0 Å². The van der Waals surface area contributed by atoms with Gasteiger partial charge in [-0.3, -0.25) is 0 Å². The van der Waals surface area contributed by atoms with Crippen molar-refractivity contribution >= 4 is 17.0 Å². The summed E-state index contributed by atoms with van der Waals surface area (Å²) in [6.07, 6.45) is 0. The van der Waals surface area contributed by atoms with Gasteiger partial charge in [0.2, 0.25) is 0 Å². The van der Waals surface area contributed by atoms with E-state index in [0.29, 0.717) is 16.9 Å². The minimum Gasteiger partial charge on any atom is -0.508 e. The molecule has 0 radical (unpaired) electrons. The molecule has 2 rings (SSSR count). The molecule has 0 aliphatic rings. The molecule has 1 heterocycles. The molecule has 5 heteroatoms. The molecule has 5 nitrogen and oxygen atoms in total. The number of nitrogens with zero attached hydrogens (tertiary/aromatic N) is 1. The highest BCUT2D eigenvalue weighted by Gasteiger charge is 2.13. The summed E-state index contributed by atoms with van der Waals surface area (Å²) >= 11 is 0. The number of benzene rings is 1. The molecule has 0 bridgehead atoms. The largest absolute Gasteiger partial charge is 0.508 e. The number of aromatic amines is 1. The van der Waals surface area contributed by atoms with Crippen LogP contribution < -0.4 is 0 Å². The summed E-state index contributed by atoms with van der Waals surface area (Å²) in [5, 5.41) is 18.1. The number of carboxylic acid groups (broad SMARTS) is 1. The molecule has 2 aromatic rings. The van der Waals surface area contributed by atoms with Gasteiger partial charge in [0.25, 0.3) is 0 Å². The highest BCUT2D eigenvalue weighted by molar-refractivity contribution is 6.01. The molecule has 0 unspecified atom stereocenters. The van der Waals surface area contributed by atoms with Gasteiger partial charge in [-0.1, -0.05) is 0 Å². The number of aromatic nitrogens is 2. The van der Waals surface area contributed by atoms with Crippen LogP contribution in [0.25, 0.3) is 11.0 Å². The topological polar surface area (TPSA) is 86.2 Å². The van der Waals surface area contributed by atoms with Crippen LogP contribution in [-0.4, -0.2) is 26.2 Å². The molecule has 0 spiro atoms. The Hall–Kier alpha value is -2.04. The molecule has 1 aromatic heterocycles. The standard InChI is InChI=1S/C9H8N2O3/c1-4-10-7-3-5(12)2-6(9(13)14)8(7)11-4/h2-3,12H,1H3,(H,10,11)(H,13,14). The first-order valence-electron chi connectivity index (χ1n) is 4.00. The summed E-state index contributed by atoms with van der Waals surface area (Å²) < 4.78 is 0. The Morgan fingerprint density at radius 3 is 2.86 bits per heavy atom. The molecular formula is C9H8N2O3. The van der Waals surface area contributed by atoms with Crippen LogP contribution in [0.3, 0.4) is 0 Å². The lowest BCUT2D eigenvalue weighted by atomic mass is 10.2. The van der Waals surface area contributed by atoms with Crippen molar-refractivity contribution in [3.8, 4) is 5.75 Å². The van der Waals surface area contributed by atoms with E-state index in [1.165, 1.54) is 12.1 Å². The van der Waals surface area contributed by atoms with Crippen LogP contribution in [0.5, 0.6) is 5.75 Å². The van der Waals surface area contributed by atoms with Crippen molar-refractivity contribution in [2.24, 2.45) is 0 Å². The van der Waals surface area contributed by atoms with E-state index in [0.717, 1.165) is 0 Å². The zero-order valence-corrected chi connectivity index (χ0v) is 7.40. The van der Waals surface area contributed by atoms with Crippen molar-refractivity contribution < 1.29 is 15.0 Å². The Bertz CT molecular complexity index is 516. The Kier molecular flexibility index (Phi) is 1.67. The number of carbonyl (C=O) groups is 1. The fraction of sp³-hybridized carbons (Fsp3) is 0.111. The second-order valence-electron chi connectivity index (χ2n) is 3.02. The summed E-state index contributed by atoms with van der Waals surface area (Å²) in [5.41, 5.74) is 0.900. The van der Waals surface area contributed by atoms with E-state index in [-0.39, 0.29) is 11.3 Å². The van der Waals surface area contributed by atoms with Gasteiger partial charge >= 0.3 is 5.97 Å². The Labute approximate surface area is 79.0 Å². The van der Waals surface area contributed by atoms with Crippen LogP contribution in [0.15, 0.2) is 12.1 Å². The molecule has 0 amide bonds. The fourth-order valence-corrected chi connectivity index (χ4v) is 1.39. The van der Waals surface area contributed by atoms with E-state index in [2.05, 4.69) is 9.97 Å². The van der Waals surface area contributed by atoms with Crippen LogP contribution in [0.4, 0.5) is 0 Å². The van der Waals surface area contributed by atoms with E-state index in [1.54, 1.807) is 6.92 Å². The van der Waals surface area contributed by atoms with Crippen molar-refractivity contribution in [2.75, 3.05) is 0 Å². The predicted molar refractivity (Wildman–Crippen MR) is 49.5 cm³/mol. The maximum Gasteiger partial charge on any atom is 0.338 e. The average Bonchev–Trinajstić information content (AvgIpc) is 2.42. The summed E-state index contributed by atoms with van der Waals surface area (Å²) in [4.78, 5) is 17.7. The lowest BCUT2D eigenvalue weighted by Gasteiger charge is -1.97. The van der Waals surface area contributed by atoms with Gasteiger partial charge in [0.15, 0.2) is 0 Å². The fourth-order valence-electron chi connectivity index (χ4n) is 1.39. The van der Waals surface area contributed by atoms with E-state index in [1.807, 2.05) is 0 Å². The van der Waals surface area contributed by atoms with Crippen molar-refractivity contribution in [3.05, 3.63) is 23.5 Å². The van der Waals surface area contributed by atoms with Crippen LogP contribution in [0.2, 0.25) is 0 Å². The van der Waals surface area contributed by atoms with E-state index in [9.17, 15) is 9.90 Å². The predicted octanol–water partition coefficient (Wildman–Crippen LogP) is 1.28. The molecule has 0 saturated heterocycles. The summed E-state index contributed by atoms with van der Waals surface area (Å²) in [6.45, 7) is 1.72. The molecule has 0 aliphatic carbocycles. The zero-order valence-electron chi connectivity index (χ0n) is 7.40. The first-order chi connectivity index (χ1) is 6.58. The van der Waals surface area contributed by atoms with Crippen LogP contribution >= 0.6 is 0 Å². The number of carboxylic acids is 1. The third-order valence-electron chi connectivity index (χ3n) is 1.92. The lowest BCUT2D eigenvalue weighted by molar-refractivity contribution is 0.0698. The minimum absolute atomic E-state index is 0.00403. The number of rotatable bonds is 1. The third kappa shape index (κ3) is 1.19. The number of hydrogen-bond donors (Lipinski definition) is 3. The summed E-state index contributed by atoms with van der Waals surface area (Å²) in [6, 6.07) is 2.63. The Morgan fingerprint density at radius 1 is 1.50 bits per heavy atom. The molecule has 0 fully saturated rings. The molecule has 14 heavy (non-hydrogen) atoms. The second kappa shape index (κ2) is 2.73. The van der Waals surface area contributed by atoms with Gasteiger partial charge in [0.05, 0.1) is 11.1 Å². The first kappa shape index (κ1) is 8.55. The van der Waals surface area contributed by atoms with Gasteiger partial charge in [-0.05, 0) is 13.0 Å². The number of H-pyrrole nitrogens is 1. The van der Waals surface area contributed by atoms with Gasteiger partial charge in [-0.15, -0.1) is 0 Å². The maximum absolute atomic E-state index is 10.8. The Balaban J connectivity index is 2.85. The second-order valence-corrected chi connectivity index (χ2v) is 3.02. The van der Waals surface area contributed by atoms with Crippen molar-refractivity contribution in [2.45, 2.75) is 6.92 Å². The van der Waals surface area contributed by atoms with Gasteiger partial charge in [-0.2, -0.15) is 0 Å². The van der Waals surface area contributed by atoms with Crippen molar-refractivity contribution in [1.82, 2.24) is 9.97 Å². The van der Waals surface area contributed by atoms with Gasteiger partial charge in [-0.25, -0.2) is 9.78 Å². The first-order valence-corrected chi connectivity index (χ1v) is 4.00. The van der Waals surface area contributed by atoms with Gasteiger partial charge in [0, 0.05) is 6.07 Å². The van der Waals surface area contributed by atoms with Crippen LogP contribution in [-0.2, 0) is 0 Å². The normalized spacial score (nSPS) is 10.6. The monoisotopic (exact) mass is 192 g/mol. The molecule has 0 aliphatic heterocycles. The van der Waals surface area contributed by atoms with Crippen LogP contribution in [0.1, 0.15) is 16.2 Å². The average molecular weight is 192 g/mol. The molecule has 72 valence electrons. The summed E-state index contributed by atoms with van der Waals surface area (Å²) in [7, 11) is 0. The molecule has 3 N–H and O–H groups in total. The number of aromatic hydroxyl groups is 1. The van der Waals surface area contributed by atoms with Crippen LogP contribution in [0, 0.1) is 6.92 Å². The number of phenolic OH excluding ortho intramolecular Hbond substituents is 1. The van der Waals surface area contributed by atoms with E-state index < -0.39 is 5.97 Å². The molecule has 1 aromatic carbocycles. The molecular weight excluding hydrogens is 184 g/mol. The highest BCUT2D eigenvalue weighted by Crippen LogP contribution is 2.22. The van der Waals surface area contributed by atoms with E-state index >= 15 is 0 Å². The zero-order chi connectivity index (χ0) is 10.3. The van der Waals surface area contributed by atoms with Gasteiger partial charge < -0.3 is 15.2 Å². The molecule has 0 atom stereocenters. The maximum atomic E-state index is 10.8. The third-order valence-corrected chi connectivity index (χ3v) is 1.92. The highest BCUT2D eigenvalue weighted by atomic mass is 16.4. The minimum atomic E-state index is -1.10. The lowest BCUT2D eigenvalue weighted by Crippen LogP contribution is -1.97. The number of fused-ring (bicyclic) bond motifs is 1. The molecule has 0 saturated carbocycles. The number of aromatic carboxylic acids is 1. The summed E-state index contributed by atoms with van der Waals surface area (Å²) in [5.74, 6) is -0.566. The van der Waals surface area contributed by atoms with Crippen molar-refractivity contribution in [3.63, 3.8) is 0 Å². The number of phenols is 1. The quantitative estimate of drug-likeness (QED) is 0.635. The number of hydrogen-bond acceptors (Lipinski definition) is 3. The van der Waals surface area contributed by atoms with E-state index in [4.69, 9.17) is 5.11 Å².